The van der Waals surface area contributed by atoms with E-state index in [0.717, 1.165) is 0 Å². The van der Waals surface area contributed by atoms with Crippen molar-refractivity contribution in [3.05, 3.63) is 72.0 Å². The van der Waals surface area contributed by atoms with Gasteiger partial charge in [0.1, 0.15) is 0 Å². The summed E-state index contributed by atoms with van der Waals surface area (Å²) in [7, 11) is -3.93. The number of hydrogen-bond acceptors (Lipinski definition) is 6. The number of para-hydroxylation sites is 1. The van der Waals surface area contributed by atoms with Crippen LogP contribution in [0.3, 0.4) is 0 Å². The van der Waals surface area contributed by atoms with E-state index in [1.54, 1.807) is 42.5 Å². The van der Waals surface area contributed by atoms with Gasteiger partial charge in [0.25, 0.3) is 10.0 Å². The third-order valence-corrected chi connectivity index (χ3v) is 8.54. The lowest BCUT2D eigenvalue weighted by Crippen LogP contribution is -2.46. The molecule has 1 fully saturated rings. The Bertz CT molecular complexity index is 1630. The number of carbonyl (C=O) groups is 1. The molecule has 2 N–H and O–H groups in total. The Morgan fingerprint density at radius 1 is 1.03 bits per heavy atom. The lowest BCUT2D eigenvalue weighted by Gasteiger charge is -2.30. The molecule has 0 saturated heterocycles. The quantitative estimate of drug-likeness (QED) is 0.318. The molecule has 2 heterocycles. The molecule has 1 aliphatic rings. The van der Waals surface area contributed by atoms with E-state index in [9.17, 15) is 26.4 Å². The van der Waals surface area contributed by atoms with Gasteiger partial charge in [0.2, 0.25) is 5.95 Å². The van der Waals surface area contributed by atoms with Crippen molar-refractivity contribution in [2.75, 3.05) is 5.32 Å². The summed E-state index contributed by atoms with van der Waals surface area (Å²) in [6.07, 6.45) is -0.147. The molecule has 2 aromatic heterocycles. The van der Waals surface area contributed by atoms with Gasteiger partial charge in [-0.1, -0.05) is 48.0 Å². The van der Waals surface area contributed by atoms with Crippen LogP contribution in [-0.4, -0.2) is 46.5 Å². The highest BCUT2D eigenvalue weighted by atomic mass is 35.5. The molecule has 1 aliphatic carbocycles. The molecule has 5 rings (SSSR count). The molecule has 2 atom stereocenters. The second-order valence-electron chi connectivity index (χ2n) is 9.24. The van der Waals surface area contributed by atoms with E-state index in [4.69, 9.17) is 11.6 Å². The van der Waals surface area contributed by atoms with Crippen molar-refractivity contribution >= 4 is 44.4 Å². The Labute approximate surface area is 227 Å². The van der Waals surface area contributed by atoms with Crippen molar-refractivity contribution in [2.24, 2.45) is 0 Å². The van der Waals surface area contributed by atoms with Crippen molar-refractivity contribution in [3.8, 4) is 11.3 Å². The Balaban J connectivity index is 1.45. The molecule has 39 heavy (non-hydrogen) atoms. The normalized spacial score (nSPS) is 18.2. The maximum absolute atomic E-state index is 13.5. The van der Waals surface area contributed by atoms with Gasteiger partial charge in [-0.05, 0) is 43.9 Å². The Morgan fingerprint density at radius 2 is 1.72 bits per heavy atom. The first-order valence-electron chi connectivity index (χ1n) is 12.1. The van der Waals surface area contributed by atoms with Crippen LogP contribution in [0.1, 0.15) is 25.7 Å². The first-order valence-corrected chi connectivity index (χ1v) is 13.9. The number of aromatic nitrogens is 3. The van der Waals surface area contributed by atoms with E-state index < -0.39 is 28.1 Å². The molecule has 0 unspecified atom stereocenters. The molecule has 0 spiro atoms. The Morgan fingerprint density at radius 3 is 2.46 bits per heavy atom. The molecule has 1 saturated carbocycles. The van der Waals surface area contributed by atoms with Gasteiger partial charge in [-0.3, -0.25) is 4.79 Å². The highest BCUT2D eigenvalue weighted by molar-refractivity contribution is 7.90. The summed E-state index contributed by atoms with van der Waals surface area (Å²) in [6.45, 7) is 0. The summed E-state index contributed by atoms with van der Waals surface area (Å²) in [6, 6.07) is 14.1. The standard InChI is InChI=1S/C26H23ClF3N5O3S/c27-21-14-31-25(33-17-8-6-7-16(13-17)32-24(36)26(28,29)30)34-23(21)20-15-35(22-12-5-4-11-19(20)22)39(37,38)18-9-2-1-3-10-18/h1-5,9-12,14-17H,6-8,13H2,(H,32,36)(H,31,33,34)/t16-,17+/m0/s1. The van der Waals surface area contributed by atoms with E-state index in [2.05, 4.69) is 15.3 Å². The van der Waals surface area contributed by atoms with E-state index in [0.29, 0.717) is 41.4 Å². The van der Waals surface area contributed by atoms with Crippen LogP contribution < -0.4 is 10.6 Å². The number of halogens is 4. The lowest BCUT2D eigenvalue weighted by atomic mass is 9.91. The van der Waals surface area contributed by atoms with E-state index in [1.807, 2.05) is 5.32 Å². The number of hydrogen-bond donors (Lipinski definition) is 2. The molecule has 0 bridgehead atoms. The van der Waals surface area contributed by atoms with Crippen LogP contribution in [0.15, 0.2) is 71.9 Å². The fourth-order valence-corrected chi connectivity index (χ4v) is 6.35. The third-order valence-electron chi connectivity index (χ3n) is 6.58. The molecule has 4 aromatic rings. The van der Waals surface area contributed by atoms with E-state index in [1.165, 1.54) is 28.5 Å². The molecule has 1 amide bonds. The number of amides is 1. The van der Waals surface area contributed by atoms with Crippen LogP contribution in [0.25, 0.3) is 22.2 Å². The zero-order valence-electron chi connectivity index (χ0n) is 20.3. The smallest absolute Gasteiger partial charge is 0.351 e. The van der Waals surface area contributed by atoms with Gasteiger partial charge in [-0.2, -0.15) is 13.2 Å². The number of benzene rings is 2. The SMILES string of the molecule is O=C(N[C@H]1CCC[C@@H](Nc2ncc(Cl)c(-c3cn(S(=O)(=O)c4ccccc4)c4ccccc34)n2)C1)C(F)(F)F. The van der Waals surface area contributed by atoms with Crippen molar-refractivity contribution < 1.29 is 26.4 Å². The molecule has 13 heteroatoms. The van der Waals surface area contributed by atoms with E-state index >= 15 is 0 Å². The van der Waals surface area contributed by atoms with Gasteiger partial charge < -0.3 is 10.6 Å². The lowest BCUT2D eigenvalue weighted by molar-refractivity contribution is -0.174. The second-order valence-corrected chi connectivity index (χ2v) is 11.5. The summed E-state index contributed by atoms with van der Waals surface area (Å²) in [4.78, 5) is 20.3. The third kappa shape index (κ3) is 5.57. The fraction of sp³-hybridized carbons (Fsp3) is 0.269. The average molecular weight is 578 g/mol. The van der Waals surface area contributed by atoms with Gasteiger partial charge in [0, 0.05) is 29.2 Å². The highest BCUT2D eigenvalue weighted by Gasteiger charge is 2.40. The largest absolute Gasteiger partial charge is 0.471 e. The van der Waals surface area contributed by atoms with Gasteiger partial charge >= 0.3 is 12.1 Å². The predicted octanol–water partition coefficient (Wildman–Crippen LogP) is 5.39. The van der Waals surface area contributed by atoms with Gasteiger partial charge in [-0.25, -0.2) is 22.4 Å². The molecular formula is C26H23ClF3N5O3S. The van der Waals surface area contributed by atoms with Crippen LogP contribution >= 0.6 is 11.6 Å². The van der Waals surface area contributed by atoms with Crippen molar-refractivity contribution in [2.45, 2.75) is 48.8 Å². The summed E-state index contributed by atoms with van der Waals surface area (Å²) < 4.78 is 66.1. The zero-order chi connectivity index (χ0) is 27.8. The number of carbonyl (C=O) groups excluding carboxylic acids is 1. The van der Waals surface area contributed by atoms with Gasteiger partial charge in [0.15, 0.2) is 0 Å². The number of rotatable bonds is 6. The minimum atomic E-state index is -4.94. The zero-order valence-corrected chi connectivity index (χ0v) is 21.9. The monoisotopic (exact) mass is 577 g/mol. The van der Waals surface area contributed by atoms with Gasteiger partial charge in [-0.15, -0.1) is 0 Å². The van der Waals surface area contributed by atoms with E-state index in [-0.39, 0.29) is 28.3 Å². The second kappa shape index (κ2) is 10.5. The number of nitrogens with zero attached hydrogens (tertiary/aromatic N) is 3. The minimum Gasteiger partial charge on any atom is -0.351 e. The molecule has 8 nitrogen and oxygen atoms in total. The highest BCUT2D eigenvalue weighted by Crippen LogP contribution is 2.36. The summed E-state index contributed by atoms with van der Waals surface area (Å²) in [5.41, 5.74) is 1.21. The van der Waals surface area contributed by atoms with Crippen LogP contribution in [0.4, 0.5) is 19.1 Å². The number of alkyl halides is 3. The number of fused-ring (bicyclic) bond motifs is 1. The van der Waals surface area contributed by atoms with Crippen molar-refractivity contribution in [1.29, 1.82) is 0 Å². The van der Waals surface area contributed by atoms with Crippen molar-refractivity contribution in [1.82, 2.24) is 19.3 Å². The van der Waals surface area contributed by atoms with Crippen LogP contribution in [0.2, 0.25) is 5.02 Å². The molecule has 0 radical (unpaired) electrons. The number of nitrogens with one attached hydrogen (secondary N) is 2. The summed E-state index contributed by atoms with van der Waals surface area (Å²) in [5.74, 6) is -1.77. The van der Waals surface area contributed by atoms with Crippen LogP contribution in [0.5, 0.6) is 0 Å². The minimum absolute atomic E-state index is 0.123. The molecule has 2 aromatic carbocycles. The fourth-order valence-electron chi connectivity index (χ4n) is 4.77. The average Bonchev–Trinajstić information content (AvgIpc) is 3.30. The van der Waals surface area contributed by atoms with Crippen LogP contribution in [0, 0.1) is 0 Å². The summed E-state index contributed by atoms with van der Waals surface area (Å²) in [5, 5.41) is 5.98. The van der Waals surface area contributed by atoms with Crippen LogP contribution in [-0.2, 0) is 14.8 Å². The maximum atomic E-state index is 13.5. The number of anilines is 1. The first-order chi connectivity index (χ1) is 18.5. The topological polar surface area (TPSA) is 106 Å². The summed E-state index contributed by atoms with van der Waals surface area (Å²) >= 11 is 6.47. The predicted molar refractivity (Wildman–Crippen MR) is 141 cm³/mol. The molecule has 0 aliphatic heterocycles. The van der Waals surface area contributed by atoms with Crippen molar-refractivity contribution in [3.63, 3.8) is 0 Å². The first kappa shape index (κ1) is 26.9. The van der Waals surface area contributed by atoms with Gasteiger partial charge in [0.05, 0.1) is 27.3 Å². The Kier molecular flexibility index (Phi) is 7.25. The molecule has 204 valence electrons. The Hall–Kier alpha value is -3.64. The molecular weight excluding hydrogens is 555 g/mol. The maximum Gasteiger partial charge on any atom is 0.471 e.